The third kappa shape index (κ3) is 3.59. The van der Waals surface area contributed by atoms with Gasteiger partial charge in [-0.3, -0.25) is 25.5 Å². The van der Waals surface area contributed by atoms with E-state index in [9.17, 15) is 4.79 Å². The smallest absolute Gasteiger partial charge is 0.308 e. The van der Waals surface area contributed by atoms with Crippen molar-refractivity contribution in [1.82, 2.24) is 0 Å². The molecule has 0 fully saturated rings. The predicted octanol–water partition coefficient (Wildman–Crippen LogP) is 4.58. The zero-order valence-electron chi connectivity index (χ0n) is 16.1. The number of esters is 1. The van der Waals surface area contributed by atoms with Crippen LogP contribution in [0.3, 0.4) is 0 Å². The van der Waals surface area contributed by atoms with Crippen molar-refractivity contribution in [1.29, 1.82) is 10.8 Å². The number of nitrogens with zero attached hydrogens (tertiary/aromatic N) is 2. The van der Waals surface area contributed by atoms with E-state index < -0.39 is 12.0 Å². The second-order valence-electron chi connectivity index (χ2n) is 6.55. The molecule has 0 saturated heterocycles. The summed E-state index contributed by atoms with van der Waals surface area (Å²) in [5.41, 5.74) is 3.47. The van der Waals surface area contributed by atoms with Crippen molar-refractivity contribution in [3.63, 3.8) is 0 Å². The molecule has 2 aromatic rings. The monoisotopic (exact) mass is 416 g/mol. The topological polar surface area (TPSA) is 89.6 Å². The Kier molecular flexibility index (Phi) is 5.67. The maximum Gasteiger partial charge on any atom is 0.308 e. The van der Waals surface area contributed by atoms with Gasteiger partial charge in [0.15, 0.2) is 0 Å². The summed E-state index contributed by atoms with van der Waals surface area (Å²) in [5, 5.41) is 18.3. The van der Waals surface area contributed by atoms with E-state index in [0.29, 0.717) is 10.7 Å². The van der Waals surface area contributed by atoms with Crippen molar-refractivity contribution in [3.8, 4) is 0 Å². The summed E-state index contributed by atoms with van der Waals surface area (Å²) in [4.78, 5) is 19.4. The first kappa shape index (κ1) is 20.2. The van der Waals surface area contributed by atoms with Crippen LogP contribution in [0.15, 0.2) is 29.3 Å². The molecule has 0 bridgehead atoms. The summed E-state index contributed by atoms with van der Waals surface area (Å²) in [6.45, 7) is 5.66. The second kappa shape index (κ2) is 7.85. The van der Waals surface area contributed by atoms with Crippen LogP contribution in [0.2, 0.25) is 5.02 Å². The third-order valence-corrected chi connectivity index (χ3v) is 6.13. The number of hydrogen-bond donors (Lipinski definition) is 2. The van der Waals surface area contributed by atoms with Gasteiger partial charge in [-0.05, 0) is 38.5 Å². The highest BCUT2D eigenvalue weighted by molar-refractivity contribution is 7.17. The number of anilines is 1. The number of methoxy groups -OCH3 is 1. The molecule has 146 valence electrons. The zero-order chi connectivity index (χ0) is 20.6. The minimum absolute atomic E-state index is 0.0663. The lowest BCUT2D eigenvalue weighted by atomic mass is 9.99. The molecule has 1 aliphatic rings. The number of nitrogens with one attached hydrogen (secondary N) is 2. The number of fused-ring (bicyclic) bond motifs is 1. The van der Waals surface area contributed by atoms with E-state index in [0.717, 1.165) is 26.6 Å². The fourth-order valence-corrected chi connectivity index (χ4v) is 4.48. The van der Waals surface area contributed by atoms with E-state index in [-0.39, 0.29) is 18.1 Å². The Morgan fingerprint density at radius 2 is 1.96 bits per heavy atom. The van der Waals surface area contributed by atoms with E-state index in [1.807, 2.05) is 26.0 Å². The van der Waals surface area contributed by atoms with Gasteiger partial charge in [0.2, 0.25) is 0 Å². The Hall–Kier alpha value is -2.51. The van der Waals surface area contributed by atoms with Gasteiger partial charge in [-0.1, -0.05) is 23.7 Å². The first-order chi connectivity index (χ1) is 13.2. The molecule has 0 radical (unpaired) electrons. The molecule has 2 heterocycles. The SMILES string of the molecule is COC(=O)CC1N=C(c2ccc(Cl)cc2)c2c(sc(C)c2C)N(C(C)=N)C1=N. The summed E-state index contributed by atoms with van der Waals surface area (Å²) in [6.07, 6.45) is -0.0663. The van der Waals surface area contributed by atoms with Crippen LogP contribution in [0.5, 0.6) is 0 Å². The normalized spacial score (nSPS) is 16.3. The van der Waals surface area contributed by atoms with Crippen molar-refractivity contribution in [2.75, 3.05) is 12.0 Å². The molecule has 0 spiro atoms. The van der Waals surface area contributed by atoms with E-state index in [2.05, 4.69) is 0 Å². The van der Waals surface area contributed by atoms with E-state index in [1.54, 1.807) is 24.0 Å². The van der Waals surface area contributed by atoms with E-state index in [4.69, 9.17) is 32.1 Å². The third-order valence-electron chi connectivity index (χ3n) is 4.69. The summed E-state index contributed by atoms with van der Waals surface area (Å²) in [5.74, 6) is -0.158. The summed E-state index contributed by atoms with van der Waals surface area (Å²) < 4.78 is 4.80. The highest BCUT2D eigenvalue weighted by Crippen LogP contribution is 2.40. The second-order valence-corrected chi connectivity index (χ2v) is 8.19. The van der Waals surface area contributed by atoms with E-state index in [1.165, 1.54) is 18.4 Å². The van der Waals surface area contributed by atoms with Gasteiger partial charge in [0.25, 0.3) is 0 Å². The van der Waals surface area contributed by atoms with Gasteiger partial charge in [0.1, 0.15) is 22.7 Å². The first-order valence-corrected chi connectivity index (χ1v) is 9.88. The Morgan fingerprint density at radius 3 is 2.54 bits per heavy atom. The zero-order valence-corrected chi connectivity index (χ0v) is 17.7. The maximum absolute atomic E-state index is 12.0. The molecule has 0 aliphatic carbocycles. The average molecular weight is 417 g/mol. The van der Waals surface area contributed by atoms with Gasteiger partial charge < -0.3 is 4.74 Å². The number of aryl methyl sites for hydroxylation is 1. The Balaban J connectivity index is 2.28. The van der Waals surface area contributed by atoms with Crippen molar-refractivity contribution in [2.45, 2.75) is 33.2 Å². The van der Waals surface area contributed by atoms with Gasteiger partial charge in [-0.2, -0.15) is 0 Å². The Morgan fingerprint density at radius 1 is 1.32 bits per heavy atom. The lowest BCUT2D eigenvalue weighted by Crippen LogP contribution is -2.40. The van der Waals surface area contributed by atoms with Gasteiger partial charge in [-0.25, -0.2) is 0 Å². The molecule has 2 N–H and O–H groups in total. The summed E-state index contributed by atoms with van der Waals surface area (Å²) in [7, 11) is 1.32. The molecule has 1 unspecified atom stereocenters. The Bertz CT molecular complexity index is 994. The number of ether oxygens (including phenoxy) is 1. The van der Waals surface area contributed by atoms with Crippen LogP contribution in [0, 0.1) is 24.7 Å². The average Bonchev–Trinajstić information content (AvgIpc) is 2.86. The van der Waals surface area contributed by atoms with Crippen LogP contribution >= 0.6 is 22.9 Å². The molecule has 1 aliphatic heterocycles. The van der Waals surface area contributed by atoms with E-state index >= 15 is 0 Å². The number of amidine groups is 2. The lowest BCUT2D eigenvalue weighted by Gasteiger charge is -2.24. The van der Waals surface area contributed by atoms with Gasteiger partial charge in [0.05, 0.1) is 19.2 Å². The van der Waals surface area contributed by atoms with Crippen LogP contribution in [-0.2, 0) is 9.53 Å². The van der Waals surface area contributed by atoms with Crippen molar-refractivity contribution in [2.24, 2.45) is 4.99 Å². The number of carbonyl (C=O) groups is 1. The number of benzene rings is 1. The number of rotatable bonds is 3. The number of hydrogen-bond acceptors (Lipinski definition) is 6. The number of aliphatic imine (C=N–C) groups is 1. The largest absolute Gasteiger partial charge is 0.469 e. The van der Waals surface area contributed by atoms with Gasteiger partial charge in [-0.15, -0.1) is 11.3 Å². The number of carbonyl (C=O) groups excluding carboxylic acids is 1. The van der Waals surface area contributed by atoms with Crippen LogP contribution in [0.4, 0.5) is 5.00 Å². The van der Waals surface area contributed by atoms with Crippen LogP contribution < -0.4 is 4.90 Å². The molecule has 1 aromatic heterocycles. The fraction of sp³-hybridized carbons (Fsp3) is 0.300. The van der Waals surface area contributed by atoms with Crippen LogP contribution in [-0.4, -0.2) is 36.5 Å². The molecule has 1 atom stereocenters. The van der Waals surface area contributed by atoms with Gasteiger partial charge in [0, 0.05) is 21.0 Å². The summed E-state index contributed by atoms with van der Waals surface area (Å²) in [6, 6.07) is 6.59. The molecule has 3 rings (SSSR count). The number of halogens is 1. The van der Waals surface area contributed by atoms with Crippen molar-refractivity contribution in [3.05, 3.63) is 50.9 Å². The lowest BCUT2D eigenvalue weighted by molar-refractivity contribution is -0.140. The minimum Gasteiger partial charge on any atom is -0.469 e. The highest BCUT2D eigenvalue weighted by atomic mass is 35.5. The molecule has 0 saturated carbocycles. The minimum atomic E-state index is -0.752. The molecule has 0 amide bonds. The highest BCUT2D eigenvalue weighted by Gasteiger charge is 2.34. The maximum atomic E-state index is 12.0. The molecule has 8 heteroatoms. The predicted molar refractivity (Wildman–Crippen MR) is 115 cm³/mol. The van der Waals surface area contributed by atoms with Crippen molar-refractivity contribution < 1.29 is 9.53 Å². The quantitative estimate of drug-likeness (QED) is 0.436. The molecule has 6 nitrogen and oxygen atoms in total. The first-order valence-electron chi connectivity index (χ1n) is 8.69. The molecule has 1 aromatic carbocycles. The standard InChI is InChI=1S/C20H21ClN4O2S/c1-10-11(2)28-20-17(10)18(13-5-7-14(21)8-6-13)24-15(9-16(26)27-4)19(23)25(20)12(3)22/h5-8,15,22-23H,9H2,1-4H3. The van der Waals surface area contributed by atoms with Crippen LogP contribution in [0.25, 0.3) is 0 Å². The fourth-order valence-electron chi connectivity index (χ4n) is 3.13. The van der Waals surface area contributed by atoms with Crippen LogP contribution in [0.1, 0.15) is 34.9 Å². The van der Waals surface area contributed by atoms with Gasteiger partial charge >= 0.3 is 5.97 Å². The molecular formula is C20H21ClN4O2S. The van der Waals surface area contributed by atoms with Crippen molar-refractivity contribution >= 4 is 51.3 Å². The summed E-state index contributed by atoms with van der Waals surface area (Å²) >= 11 is 7.57. The molecular weight excluding hydrogens is 396 g/mol. The number of thiophene rings is 1. The molecule has 28 heavy (non-hydrogen) atoms. The Labute approximate surface area is 172 Å².